The number of likely N-dealkylation sites (N-methyl/N-ethyl adjacent to an activating group) is 1. The van der Waals surface area contributed by atoms with Gasteiger partial charge in [0.15, 0.2) is 5.82 Å². The molecule has 2 rings (SSSR count). The first-order valence-corrected chi connectivity index (χ1v) is 7.10. The van der Waals surface area contributed by atoms with Crippen LogP contribution in [0.4, 0.5) is 0 Å². The summed E-state index contributed by atoms with van der Waals surface area (Å²) in [6.07, 6.45) is 4.53. The molecule has 102 valence electrons. The summed E-state index contributed by atoms with van der Waals surface area (Å²) in [5.41, 5.74) is 0. The van der Waals surface area contributed by atoms with Crippen LogP contribution in [0, 0.1) is 11.8 Å². The minimum atomic E-state index is 0.404. The van der Waals surface area contributed by atoms with Gasteiger partial charge < -0.3 is 9.84 Å². The van der Waals surface area contributed by atoms with Crippen LogP contribution >= 0.6 is 0 Å². The summed E-state index contributed by atoms with van der Waals surface area (Å²) in [7, 11) is 1.99. The van der Waals surface area contributed by atoms with E-state index < -0.39 is 0 Å². The molecule has 0 radical (unpaired) electrons. The van der Waals surface area contributed by atoms with Crippen LogP contribution in [0.15, 0.2) is 4.52 Å². The van der Waals surface area contributed by atoms with E-state index in [1.807, 2.05) is 7.05 Å². The van der Waals surface area contributed by atoms with Gasteiger partial charge in [-0.3, -0.25) is 0 Å². The molecule has 1 aromatic heterocycles. The summed E-state index contributed by atoms with van der Waals surface area (Å²) in [4.78, 5) is 4.58. The third-order valence-corrected chi connectivity index (χ3v) is 4.11. The topological polar surface area (TPSA) is 51.0 Å². The second-order valence-electron chi connectivity index (χ2n) is 6.00. The van der Waals surface area contributed by atoms with Crippen LogP contribution in [-0.2, 0) is 6.42 Å². The van der Waals surface area contributed by atoms with Gasteiger partial charge in [-0.25, -0.2) is 0 Å². The molecule has 4 heteroatoms. The van der Waals surface area contributed by atoms with E-state index >= 15 is 0 Å². The maximum atomic E-state index is 5.39. The van der Waals surface area contributed by atoms with Crippen molar-refractivity contribution in [1.82, 2.24) is 15.5 Å². The molecule has 0 spiro atoms. The fraction of sp³-hybridized carbons (Fsp3) is 0.857. The zero-order valence-corrected chi connectivity index (χ0v) is 11.9. The van der Waals surface area contributed by atoms with Crippen molar-refractivity contribution in [2.75, 3.05) is 7.05 Å². The van der Waals surface area contributed by atoms with Crippen molar-refractivity contribution in [3.8, 4) is 0 Å². The highest BCUT2D eigenvalue weighted by Gasteiger charge is 2.27. The molecule has 3 unspecified atom stereocenters. The highest BCUT2D eigenvalue weighted by Crippen LogP contribution is 2.36. The smallest absolute Gasteiger partial charge is 0.228 e. The molecule has 1 aliphatic rings. The predicted molar refractivity (Wildman–Crippen MR) is 71.4 cm³/mol. The lowest BCUT2D eigenvalue weighted by Gasteiger charge is -2.17. The SMILES string of the molecule is CNC(Cc1nc(C2CCC(C)C2)no1)C(C)C. The van der Waals surface area contributed by atoms with Crippen LogP contribution in [0.3, 0.4) is 0 Å². The summed E-state index contributed by atoms with van der Waals surface area (Å²) in [5, 5.41) is 7.47. The molecule has 3 atom stereocenters. The number of hydrogen-bond donors (Lipinski definition) is 1. The van der Waals surface area contributed by atoms with Crippen LogP contribution in [-0.4, -0.2) is 23.2 Å². The van der Waals surface area contributed by atoms with Crippen molar-refractivity contribution in [2.24, 2.45) is 11.8 Å². The van der Waals surface area contributed by atoms with E-state index in [1.165, 1.54) is 19.3 Å². The van der Waals surface area contributed by atoms with Crippen molar-refractivity contribution in [3.63, 3.8) is 0 Å². The summed E-state index contributed by atoms with van der Waals surface area (Å²) < 4.78 is 5.39. The Kier molecular flexibility index (Phi) is 4.38. The fourth-order valence-corrected chi connectivity index (χ4v) is 2.82. The summed E-state index contributed by atoms with van der Waals surface area (Å²) in [6, 6.07) is 0.404. The molecule has 4 nitrogen and oxygen atoms in total. The maximum absolute atomic E-state index is 5.39. The van der Waals surface area contributed by atoms with Crippen LogP contribution < -0.4 is 5.32 Å². The van der Waals surface area contributed by atoms with Crippen LogP contribution in [0.5, 0.6) is 0 Å². The van der Waals surface area contributed by atoms with Crippen molar-refractivity contribution in [2.45, 2.75) is 58.4 Å². The lowest BCUT2D eigenvalue weighted by atomic mass is 10.0. The Morgan fingerprint density at radius 3 is 2.72 bits per heavy atom. The average molecular weight is 251 g/mol. The molecule has 0 aliphatic heterocycles. The van der Waals surface area contributed by atoms with Gasteiger partial charge in [-0.15, -0.1) is 0 Å². The fourth-order valence-electron chi connectivity index (χ4n) is 2.82. The summed E-state index contributed by atoms with van der Waals surface area (Å²) in [5.74, 6) is 3.59. The molecule has 1 aliphatic carbocycles. The number of nitrogens with one attached hydrogen (secondary N) is 1. The average Bonchev–Trinajstić information content (AvgIpc) is 2.94. The van der Waals surface area contributed by atoms with Crippen molar-refractivity contribution in [1.29, 1.82) is 0 Å². The molecule has 0 saturated heterocycles. The third-order valence-electron chi connectivity index (χ3n) is 4.11. The standard InChI is InChI=1S/C14H25N3O/c1-9(2)12(15-4)8-13-16-14(17-18-13)11-6-5-10(3)7-11/h9-12,15H,5-8H2,1-4H3. The third kappa shape index (κ3) is 3.10. The molecule has 1 aromatic rings. The Morgan fingerprint density at radius 2 is 2.17 bits per heavy atom. The minimum absolute atomic E-state index is 0.404. The molecule has 0 aromatic carbocycles. The molecule has 0 amide bonds. The first kappa shape index (κ1) is 13.5. The Bertz CT molecular complexity index is 375. The van der Waals surface area contributed by atoms with E-state index in [4.69, 9.17) is 4.52 Å². The number of hydrogen-bond acceptors (Lipinski definition) is 4. The molecular formula is C14H25N3O. The lowest BCUT2D eigenvalue weighted by Crippen LogP contribution is -2.32. The van der Waals surface area contributed by atoms with Gasteiger partial charge in [-0.2, -0.15) is 4.98 Å². The van der Waals surface area contributed by atoms with Gasteiger partial charge in [0, 0.05) is 18.4 Å². The zero-order chi connectivity index (χ0) is 13.1. The van der Waals surface area contributed by atoms with E-state index in [0.717, 1.165) is 24.1 Å². The van der Waals surface area contributed by atoms with E-state index in [0.29, 0.717) is 17.9 Å². The highest BCUT2D eigenvalue weighted by molar-refractivity contribution is 5.00. The summed E-state index contributed by atoms with van der Waals surface area (Å²) >= 11 is 0. The minimum Gasteiger partial charge on any atom is -0.339 e. The second kappa shape index (κ2) is 5.83. The summed E-state index contributed by atoms with van der Waals surface area (Å²) in [6.45, 7) is 6.71. The molecule has 1 N–H and O–H groups in total. The van der Waals surface area contributed by atoms with E-state index in [1.54, 1.807) is 0 Å². The zero-order valence-electron chi connectivity index (χ0n) is 11.9. The number of nitrogens with zero attached hydrogens (tertiary/aromatic N) is 2. The van der Waals surface area contributed by atoms with Gasteiger partial charge in [0.25, 0.3) is 0 Å². The quantitative estimate of drug-likeness (QED) is 0.874. The van der Waals surface area contributed by atoms with Crippen LogP contribution in [0.2, 0.25) is 0 Å². The van der Waals surface area contributed by atoms with Gasteiger partial charge in [0.2, 0.25) is 5.89 Å². The van der Waals surface area contributed by atoms with Gasteiger partial charge >= 0.3 is 0 Å². The second-order valence-corrected chi connectivity index (χ2v) is 6.00. The highest BCUT2D eigenvalue weighted by atomic mass is 16.5. The maximum Gasteiger partial charge on any atom is 0.228 e. The largest absolute Gasteiger partial charge is 0.339 e. The van der Waals surface area contributed by atoms with E-state index in [-0.39, 0.29) is 0 Å². The molecule has 1 fully saturated rings. The molecule has 1 saturated carbocycles. The van der Waals surface area contributed by atoms with Gasteiger partial charge in [-0.1, -0.05) is 25.9 Å². The Balaban J connectivity index is 1.97. The monoisotopic (exact) mass is 251 g/mol. The molecular weight excluding hydrogens is 226 g/mol. The molecule has 0 bridgehead atoms. The van der Waals surface area contributed by atoms with Crippen LogP contribution in [0.1, 0.15) is 57.7 Å². The first-order chi connectivity index (χ1) is 8.60. The Morgan fingerprint density at radius 1 is 1.39 bits per heavy atom. The number of rotatable bonds is 5. The Hall–Kier alpha value is -0.900. The number of aromatic nitrogens is 2. The van der Waals surface area contributed by atoms with Gasteiger partial charge in [0.1, 0.15) is 0 Å². The van der Waals surface area contributed by atoms with Crippen molar-refractivity contribution < 1.29 is 4.52 Å². The normalized spacial score (nSPS) is 25.8. The van der Waals surface area contributed by atoms with Crippen molar-refractivity contribution in [3.05, 3.63) is 11.7 Å². The molecule has 1 heterocycles. The predicted octanol–water partition coefficient (Wildman–Crippen LogP) is 2.76. The van der Waals surface area contributed by atoms with Gasteiger partial charge in [0.05, 0.1) is 0 Å². The van der Waals surface area contributed by atoms with Crippen LogP contribution in [0.25, 0.3) is 0 Å². The Labute approximate surface area is 110 Å². The van der Waals surface area contributed by atoms with E-state index in [9.17, 15) is 0 Å². The van der Waals surface area contributed by atoms with Gasteiger partial charge in [-0.05, 0) is 38.1 Å². The first-order valence-electron chi connectivity index (χ1n) is 7.10. The molecule has 18 heavy (non-hydrogen) atoms. The van der Waals surface area contributed by atoms with E-state index in [2.05, 4.69) is 36.2 Å². The lowest BCUT2D eigenvalue weighted by molar-refractivity contribution is 0.331. The van der Waals surface area contributed by atoms with Crippen molar-refractivity contribution >= 4 is 0 Å².